The van der Waals surface area contributed by atoms with Gasteiger partial charge >= 0.3 is 5.91 Å². The molecule has 1 unspecified atom stereocenters. The highest BCUT2D eigenvalue weighted by Crippen LogP contribution is 2.21. The lowest BCUT2D eigenvalue weighted by atomic mass is 10.0. The molecule has 20 heavy (non-hydrogen) atoms. The number of hydroxylamine groups is 3. The number of hydrogen-bond donors (Lipinski definition) is 0. The van der Waals surface area contributed by atoms with Crippen LogP contribution in [0.4, 0.5) is 0 Å². The molecule has 0 spiro atoms. The molecule has 0 fully saturated rings. The molecule has 0 aromatic carbocycles. The maximum absolute atomic E-state index is 12.6. The Morgan fingerprint density at radius 3 is 2.20 bits per heavy atom. The Morgan fingerprint density at radius 2 is 1.80 bits per heavy atom. The van der Waals surface area contributed by atoms with Crippen LogP contribution in [0.5, 0.6) is 0 Å². The molecule has 0 aliphatic heterocycles. The normalized spacial score (nSPS) is 15.7. The van der Waals surface area contributed by atoms with E-state index in [0.29, 0.717) is 32.0 Å². The van der Waals surface area contributed by atoms with Gasteiger partial charge in [-0.05, 0) is 47.0 Å². The van der Waals surface area contributed by atoms with Crippen molar-refractivity contribution in [3.63, 3.8) is 0 Å². The van der Waals surface area contributed by atoms with E-state index in [1.54, 1.807) is 20.8 Å². The predicted octanol–water partition coefficient (Wildman–Crippen LogP) is 3.73. The molecule has 0 aromatic rings. The van der Waals surface area contributed by atoms with Crippen LogP contribution in [0.15, 0.2) is 0 Å². The average molecular weight is 287 g/mol. The lowest BCUT2D eigenvalue weighted by Crippen LogP contribution is -2.51. The van der Waals surface area contributed by atoms with Crippen molar-refractivity contribution < 1.29 is 14.2 Å². The van der Waals surface area contributed by atoms with Crippen molar-refractivity contribution in [2.75, 3.05) is 19.7 Å². The number of ether oxygens (including phenoxy) is 1. The summed E-state index contributed by atoms with van der Waals surface area (Å²) >= 11 is 0. The molecule has 4 heteroatoms. The lowest BCUT2D eigenvalue weighted by Gasteiger charge is -2.42. The van der Waals surface area contributed by atoms with Gasteiger partial charge in [0.2, 0.25) is 0 Å². The zero-order chi connectivity index (χ0) is 16.0. The van der Waals surface area contributed by atoms with E-state index in [4.69, 9.17) is 4.74 Å². The average Bonchev–Trinajstić information content (AvgIpc) is 2.34. The number of carbonyl (C=O) groups is 1. The Hall–Kier alpha value is -0.450. The third-order valence-electron chi connectivity index (χ3n) is 3.67. The number of rotatable bonds is 9. The van der Waals surface area contributed by atoms with Gasteiger partial charge in [-0.3, -0.25) is 4.65 Å². The molecule has 1 atom stereocenters. The molecule has 0 radical (unpaired) electrons. The molecule has 0 aliphatic rings. The molecule has 4 nitrogen and oxygen atoms in total. The monoisotopic (exact) mass is 287 g/mol. The van der Waals surface area contributed by atoms with Crippen molar-refractivity contribution in [2.24, 2.45) is 11.8 Å². The standard InChI is InChI=1S/C16H33NO3/c1-8-17(19,15(18)14(4)5)11-10-16(6,7)20-12-9-13(2)3/h13-14H,8-12H2,1-7H3. The number of nitrogens with zero attached hydrogens (tertiary/aromatic N) is 1. The van der Waals surface area contributed by atoms with E-state index in [2.05, 4.69) is 13.8 Å². The third-order valence-corrected chi connectivity index (χ3v) is 3.67. The molecular weight excluding hydrogens is 254 g/mol. The molecule has 0 saturated carbocycles. The van der Waals surface area contributed by atoms with Gasteiger partial charge in [0.15, 0.2) is 0 Å². The van der Waals surface area contributed by atoms with Gasteiger partial charge in [-0.1, -0.05) is 13.8 Å². The van der Waals surface area contributed by atoms with Crippen molar-refractivity contribution in [1.82, 2.24) is 0 Å². The van der Waals surface area contributed by atoms with Gasteiger partial charge in [-0.25, -0.2) is 4.79 Å². The zero-order valence-electron chi connectivity index (χ0n) is 14.4. The van der Waals surface area contributed by atoms with Crippen LogP contribution < -0.4 is 0 Å². The minimum absolute atomic E-state index is 0.225. The summed E-state index contributed by atoms with van der Waals surface area (Å²) in [6.45, 7) is 14.9. The van der Waals surface area contributed by atoms with Crippen LogP contribution in [0.2, 0.25) is 0 Å². The predicted molar refractivity (Wildman–Crippen MR) is 83.0 cm³/mol. The summed E-state index contributed by atoms with van der Waals surface area (Å²) in [5.74, 6) is 0.154. The third kappa shape index (κ3) is 6.82. The van der Waals surface area contributed by atoms with E-state index < -0.39 is 4.65 Å². The summed E-state index contributed by atoms with van der Waals surface area (Å²) in [5.41, 5.74) is -0.352. The molecule has 0 N–H and O–H groups in total. The second kappa shape index (κ2) is 8.11. The van der Waals surface area contributed by atoms with Gasteiger partial charge in [0, 0.05) is 13.0 Å². The fraction of sp³-hybridized carbons (Fsp3) is 0.938. The van der Waals surface area contributed by atoms with E-state index in [1.807, 2.05) is 13.8 Å². The maximum atomic E-state index is 12.6. The van der Waals surface area contributed by atoms with Crippen LogP contribution in [0, 0.1) is 17.0 Å². The highest BCUT2D eigenvalue weighted by Gasteiger charge is 2.31. The van der Waals surface area contributed by atoms with E-state index in [-0.39, 0.29) is 17.4 Å². The van der Waals surface area contributed by atoms with Gasteiger partial charge in [0.05, 0.1) is 24.6 Å². The van der Waals surface area contributed by atoms with Crippen LogP contribution in [0.25, 0.3) is 0 Å². The van der Waals surface area contributed by atoms with E-state index in [1.165, 1.54) is 0 Å². The highest BCUT2D eigenvalue weighted by molar-refractivity contribution is 5.71. The summed E-state index contributed by atoms with van der Waals surface area (Å²) in [4.78, 5) is 12.0. The largest absolute Gasteiger partial charge is 0.625 e. The van der Waals surface area contributed by atoms with Gasteiger partial charge in [-0.15, -0.1) is 0 Å². The first-order chi connectivity index (χ1) is 9.04. The fourth-order valence-corrected chi connectivity index (χ4v) is 1.99. The first-order valence-electron chi connectivity index (χ1n) is 7.80. The fourth-order valence-electron chi connectivity index (χ4n) is 1.99. The van der Waals surface area contributed by atoms with E-state index in [9.17, 15) is 10.0 Å². The van der Waals surface area contributed by atoms with E-state index in [0.717, 1.165) is 6.42 Å². The summed E-state index contributed by atoms with van der Waals surface area (Å²) < 4.78 is 5.12. The number of hydrogen-bond acceptors (Lipinski definition) is 3. The topological polar surface area (TPSA) is 49.4 Å². The van der Waals surface area contributed by atoms with Crippen LogP contribution in [0.3, 0.4) is 0 Å². The van der Waals surface area contributed by atoms with Crippen molar-refractivity contribution in [1.29, 1.82) is 0 Å². The van der Waals surface area contributed by atoms with Crippen LogP contribution in [-0.2, 0) is 9.53 Å². The zero-order valence-corrected chi connectivity index (χ0v) is 14.4. The summed E-state index contributed by atoms with van der Waals surface area (Å²) in [5, 5.41) is 12.6. The minimum Gasteiger partial charge on any atom is -0.625 e. The number of amides is 1. The Morgan fingerprint density at radius 1 is 1.25 bits per heavy atom. The Kier molecular flexibility index (Phi) is 7.92. The smallest absolute Gasteiger partial charge is 0.316 e. The molecule has 1 amide bonds. The van der Waals surface area contributed by atoms with Crippen molar-refractivity contribution in [3.8, 4) is 0 Å². The molecule has 0 bridgehead atoms. The van der Waals surface area contributed by atoms with Crippen LogP contribution >= 0.6 is 0 Å². The van der Waals surface area contributed by atoms with E-state index >= 15 is 0 Å². The maximum Gasteiger partial charge on any atom is 0.316 e. The van der Waals surface area contributed by atoms with Gasteiger partial charge in [-0.2, -0.15) is 0 Å². The van der Waals surface area contributed by atoms with Crippen molar-refractivity contribution in [2.45, 2.75) is 66.9 Å². The van der Waals surface area contributed by atoms with Gasteiger partial charge < -0.3 is 9.94 Å². The summed E-state index contributed by atoms with van der Waals surface area (Å²) in [6.07, 6.45) is 1.61. The highest BCUT2D eigenvalue weighted by atomic mass is 16.6. The van der Waals surface area contributed by atoms with Gasteiger partial charge in [0.1, 0.15) is 0 Å². The molecule has 0 heterocycles. The molecular formula is C16H33NO3. The number of quaternary nitrogens is 1. The van der Waals surface area contributed by atoms with Crippen molar-refractivity contribution >= 4 is 5.91 Å². The summed E-state index contributed by atoms with van der Waals surface area (Å²) in [6, 6.07) is 0. The second-order valence-corrected chi connectivity index (χ2v) is 6.96. The molecule has 0 aromatic heterocycles. The Labute approximate surface area is 124 Å². The lowest BCUT2D eigenvalue weighted by molar-refractivity contribution is -0.805. The summed E-state index contributed by atoms with van der Waals surface area (Å²) in [7, 11) is 0. The second-order valence-electron chi connectivity index (χ2n) is 6.96. The number of carbonyl (C=O) groups excluding carboxylic acids is 1. The first kappa shape index (κ1) is 19.6. The quantitative estimate of drug-likeness (QED) is 0.479. The molecule has 120 valence electrons. The van der Waals surface area contributed by atoms with Crippen molar-refractivity contribution in [3.05, 3.63) is 5.21 Å². The Balaban J connectivity index is 4.44. The van der Waals surface area contributed by atoms with Gasteiger partial charge in [0.25, 0.3) is 0 Å². The SMILES string of the molecule is CC[N+]([O-])(CCC(C)(C)OCCC(C)C)C(=O)C(C)C. The van der Waals surface area contributed by atoms with Crippen LogP contribution in [-0.4, -0.2) is 35.9 Å². The first-order valence-corrected chi connectivity index (χ1v) is 7.80. The Bertz CT molecular complexity index is 300. The molecule has 0 rings (SSSR count). The van der Waals surface area contributed by atoms with Crippen LogP contribution in [0.1, 0.15) is 61.3 Å². The molecule has 0 aliphatic carbocycles. The molecule has 0 saturated heterocycles. The minimum atomic E-state index is -0.741.